The smallest absolute Gasteiger partial charge is 0.308 e. The molecular weight excluding hydrogens is 274 g/mol. The number of hydrogen-bond donors (Lipinski definition) is 1. The van der Waals surface area contributed by atoms with E-state index in [4.69, 9.17) is 14.6 Å². The van der Waals surface area contributed by atoms with Gasteiger partial charge in [-0.05, 0) is 18.6 Å². The summed E-state index contributed by atoms with van der Waals surface area (Å²) in [5.74, 6) is -0.701. The number of likely N-dealkylation sites (tertiary alicyclic amines) is 1. The third-order valence-corrected chi connectivity index (χ3v) is 3.36. The molecule has 1 amide bonds. The first kappa shape index (κ1) is 15.3. The fraction of sp³-hybridized carbons (Fsp3) is 0.467. The molecule has 1 aromatic carbocycles. The van der Waals surface area contributed by atoms with E-state index in [2.05, 4.69) is 0 Å². The van der Waals surface area contributed by atoms with Crippen LogP contribution in [-0.4, -0.2) is 54.8 Å². The van der Waals surface area contributed by atoms with Gasteiger partial charge in [0.25, 0.3) is 0 Å². The van der Waals surface area contributed by atoms with Crippen molar-refractivity contribution in [1.29, 1.82) is 0 Å². The lowest BCUT2D eigenvalue weighted by Crippen LogP contribution is -2.33. The zero-order chi connectivity index (χ0) is 15.1. The predicted molar refractivity (Wildman–Crippen MR) is 75.1 cm³/mol. The number of para-hydroxylation sites is 1. The van der Waals surface area contributed by atoms with E-state index in [9.17, 15) is 9.59 Å². The average Bonchev–Trinajstić information content (AvgIpc) is 2.98. The summed E-state index contributed by atoms with van der Waals surface area (Å²) in [5, 5.41) is 8.88. The zero-order valence-electron chi connectivity index (χ0n) is 11.7. The molecule has 6 nitrogen and oxygen atoms in total. The third-order valence-electron chi connectivity index (χ3n) is 3.36. The lowest BCUT2D eigenvalue weighted by atomic mass is 10.1. The second-order valence-corrected chi connectivity index (χ2v) is 4.88. The molecule has 1 N–H and O–H groups in total. The minimum Gasteiger partial charge on any atom is -0.491 e. The molecule has 1 heterocycles. The highest BCUT2D eigenvalue weighted by Crippen LogP contribution is 2.16. The number of carboxylic acid groups (broad SMARTS) is 1. The lowest BCUT2D eigenvalue weighted by Gasteiger charge is -2.15. The number of nitrogens with zero attached hydrogens (tertiary/aromatic N) is 1. The first-order valence-corrected chi connectivity index (χ1v) is 6.93. The van der Waals surface area contributed by atoms with Crippen LogP contribution in [0.2, 0.25) is 0 Å². The molecule has 0 radical (unpaired) electrons. The molecule has 0 saturated carbocycles. The first-order chi connectivity index (χ1) is 10.2. The standard InChI is InChI=1S/C15H19NO5/c17-14(16-7-6-12(10-16)15(18)19)11-20-8-9-21-13-4-2-1-3-5-13/h1-5,12H,6-11H2,(H,18,19). The number of hydrogen-bond acceptors (Lipinski definition) is 4. The molecule has 1 atom stereocenters. The molecular formula is C15H19NO5. The molecule has 0 aliphatic carbocycles. The highest BCUT2D eigenvalue weighted by Gasteiger charge is 2.30. The van der Waals surface area contributed by atoms with Gasteiger partial charge < -0.3 is 19.5 Å². The summed E-state index contributed by atoms with van der Waals surface area (Å²) < 4.78 is 10.7. The molecule has 114 valence electrons. The van der Waals surface area contributed by atoms with Crippen LogP contribution in [0, 0.1) is 5.92 Å². The van der Waals surface area contributed by atoms with E-state index < -0.39 is 11.9 Å². The number of aliphatic carboxylic acids is 1. The van der Waals surface area contributed by atoms with Gasteiger partial charge in [0, 0.05) is 13.1 Å². The van der Waals surface area contributed by atoms with Crippen LogP contribution in [0.1, 0.15) is 6.42 Å². The number of ether oxygens (including phenoxy) is 2. The number of carboxylic acids is 1. The Morgan fingerprint density at radius 1 is 1.24 bits per heavy atom. The molecule has 1 aliphatic heterocycles. The summed E-state index contributed by atoms with van der Waals surface area (Å²) >= 11 is 0. The minimum absolute atomic E-state index is 0.0372. The Hall–Kier alpha value is -2.08. The van der Waals surface area contributed by atoms with E-state index in [-0.39, 0.29) is 19.1 Å². The molecule has 1 aromatic rings. The van der Waals surface area contributed by atoms with Crippen LogP contribution >= 0.6 is 0 Å². The van der Waals surface area contributed by atoms with Gasteiger partial charge in [0.05, 0.1) is 12.5 Å². The van der Waals surface area contributed by atoms with E-state index in [0.717, 1.165) is 5.75 Å². The Morgan fingerprint density at radius 2 is 2.00 bits per heavy atom. The van der Waals surface area contributed by atoms with Gasteiger partial charge in [0.1, 0.15) is 19.0 Å². The van der Waals surface area contributed by atoms with Crippen LogP contribution < -0.4 is 4.74 Å². The van der Waals surface area contributed by atoms with Crippen molar-refractivity contribution >= 4 is 11.9 Å². The normalized spacial score (nSPS) is 17.7. The quantitative estimate of drug-likeness (QED) is 0.759. The first-order valence-electron chi connectivity index (χ1n) is 6.93. The summed E-state index contributed by atoms with van der Waals surface area (Å²) in [7, 11) is 0. The molecule has 6 heteroatoms. The van der Waals surface area contributed by atoms with Crippen LogP contribution in [-0.2, 0) is 14.3 Å². The van der Waals surface area contributed by atoms with Gasteiger partial charge in [0.2, 0.25) is 5.91 Å². The van der Waals surface area contributed by atoms with E-state index in [0.29, 0.717) is 26.2 Å². The van der Waals surface area contributed by atoms with Crippen LogP contribution in [0.4, 0.5) is 0 Å². The summed E-state index contributed by atoms with van der Waals surface area (Å²) in [4.78, 5) is 24.2. The number of carbonyl (C=O) groups is 2. The second-order valence-electron chi connectivity index (χ2n) is 4.88. The van der Waals surface area contributed by atoms with Gasteiger partial charge in [-0.3, -0.25) is 9.59 Å². The van der Waals surface area contributed by atoms with E-state index in [1.807, 2.05) is 30.3 Å². The monoisotopic (exact) mass is 293 g/mol. The Kier molecular flexibility index (Phi) is 5.57. The molecule has 0 aromatic heterocycles. The van der Waals surface area contributed by atoms with Gasteiger partial charge >= 0.3 is 5.97 Å². The summed E-state index contributed by atoms with van der Waals surface area (Å²) in [6.07, 6.45) is 0.512. The number of benzene rings is 1. The van der Waals surface area contributed by atoms with Crippen LogP contribution in [0.25, 0.3) is 0 Å². The lowest BCUT2D eigenvalue weighted by molar-refractivity contribution is -0.141. The average molecular weight is 293 g/mol. The van der Waals surface area contributed by atoms with E-state index in [1.165, 1.54) is 4.90 Å². The molecule has 1 aliphatic rings. The van der Waals surface area contributed by atoms with Gasteiger partial charge in [0.15, 0.2) is 0 Å². The molecule has 2 rings (SSSR count). The van der Waals surface area contributed by atoms with E-state index in [1.54, 1.807) is 0 Å². The molecule has 0 spiro atoms. The van der Waals surface area contributed by atoms with Gasteiger partial charge in [-0.15, -0.1) is 0 Å². The SMILES string of the molecule is O=C(O)C1CCN(C(=O)COCCOc2ccccc2)C1. The minimum atomic E-state index is -0.845. The molecule has 0 bridgehead atoms. The summed E-state index contributed by atoms with van der Waals surface area (Å²) in [6, 6.07) is 9.36. The Labute approximate surface area is 123 Å². The third kappa shape index (κ3) is 4.75. The van der Waals surface area contributed by atoms with Crippen molar-refractivity contribution in [2.24, 2.45) is 5.92 Å². The molecule has 1 fully saturated rings. The van der Waals surface area contributed by atoms with Crippen LogP contribution in [0.15, 0.2) is 30.3 Å². The van der Waals surface area contributed by atoms with Crippen molar-refractivity contribution in [3.05, 3.63) is 30.3 Å². The fourth-order valence-electron chi connectivity index (χ4n) is 2.17. The second kappa shape index (κ2) is 7.64. The van der Waals surface area contributed by atoms with Crippen molar-refractivity contribution in [3.63, 3.8) is 0 Å². The van der Waals surface area contributed by atoms with Crippen molar-refractivity contribution in [1.82, 2.24) is 4.90 Å². The Balaban J connectivity index is 1.59. The molecule has 1 saturated heterocycles. The van der Waals surface area contributed by atoms with Crippen LogP contribution in [0.5, 0.6) is 5.75 Å². The number of rotatable bonds is 7. The maximum atomic E-state index is 11.8. The van der Waals surface area contributed by atoms with Crippen molar-refractivity contribution < 1.29 is 24.2 Å². The largest absolute Gasteiger partial charge is 0.491 e. The maximum absolute atomic E-state index is 11.8. The fourth-order valence-corrected chi connectivity index (χ4v) is 2.17. The van der Waals surface area contributed by atoms with Crippen molar-refractivity contribution in [3.8, 4) is 5.75 Å². The van der Waals surface area contributed by atoms with Gasteiger partial charge in [-0.25, -0.2) is 0 Å². The van der Waals surface area contributed by atoms with Crippen molar-refractivity contribution in [2.45, 2.75) is 6.42 Å². The highest BCUT2D eigenvalue weighted by atomic mass is 16.5. The summed E-state index contributed by atoms with van der Waals surface area (Å²) in [5.41, 5.74) is 0. The van der Waals surface area contributed by atoms with Gasteiger partial charge in [-0.2, -0.15) is 0 Å². The van der Waals surface area contributed by atoms with Crippen molar-refractivity contribution in [2.75, 3.05) is 32.9 Å². The Morgan fingerprint density at radius 3 is 2.67 bits per heavy atom. The maximum Gasteiger partial charge on any atom is 0.308 e. The Bertz CT molecular complexity index is 476. The molecule has 1 unspecified atom stereocenters. The van der Waals surface area contributed by atoms with E-state index >= 15 is 0 Å². The zero-order valence-corrected chi connectivity index (χ0v) is 11.7. The number of carbonyl (C=O) groups excluding carboxylic acids is 1. The van der Waals surface area contributed by atoms with Gasteiger partial charge in [-0.1, -0.05) is 18.2 Å². The van der Waals surface area contributed by atoms with Crippen LogP contribution in [0.3, 0.4) is 0 Å². The summed E-state index contributed by atoms with van der Waals surface area (Å²) in [6.45, 7) is 1.41. The molecule has 21 heavy (non-hydrogen) atoms. The highest BCUT2D eigenvalue weighted by molar-refractivity contribution is 5.79. The predicted octanol–water partition coefficient (Wildman–Crippen LogP) is 1.02. The topological polar surface area (TPSA) is 76.1 Å². The number of amides is 1.